The van der Waals surface area contributed by atoms with Crippen molar-refractivity contribution in [3.05, 3.63) is 35.7 Å². The molecule has 0 aliphatic heterocycles. The molecule has 0 aliphatic carbocycles. The Morgan fingerprint density at radius 3 is 2.18 bits per heavy atom. The zero-order valence-corrected chi connectivity index (χ0v) is 9.37. The second-order valence-corrected chi connectivity index (χ2v) is 3.60. The van der Waals surface area contributed by atoms with Crippen molar-refractivity contribution in [2.75, 3.05) is 24.7 Å². The highest BCUT2D eigenvalue weighted by molar-refractivity contribution is 6.01. The van der Waals surface area contributed by atoms with E-state index in [9.17, 15) is 13.2 Å². The highest BCUT2D eigenvalue weighted by atomic mass is 19.2. The fraction of sp³-hybridized carbons (Fsp3) is 0.167. The fourth-order valence-electron chi connectivity index (χ4n) is 1.86. The van der Waals surface area contributed by atoms with Gasteiger partial charge in [0.1, 0.15) is 5.82 Å². The lowest BCUT2D eigenvalue weighted by atomic mass is 10.1. The molecule has 0 unspecified atom stereocenters. The van der Waals surface area contributed by atoms with Gasteiger partial charge in [0.15, 0.2) is 11.6 Å². The Hall–Kier alpha value is -1.91. The number of fused-ring (bicyclic) bond motifs is 1. The molecular formula is C12H11F3N2. The molecule has 17 heavy (non-hydrogen) atoms. The van der Waals surface area contributed by atoms with E-state index in [0.29, 0.717) is 16.5 Å². The number of anilines is 2. The van der Waals surface area contributed by atoms with Crippen LogP contribution in [0.2, 0.25) is 0 Å². The maximum atomic E-state index is 13.5. The van der Waals surface area contributed by atoms with Gasteiger partial charge in [0.05, 0.1) is 5.69 Å². The van der Waals surface area contributed by atoms with E-state index in [0.717, 1.165) is 6.07 Å². The molecule has 0 amide bonds. The van der Waals surface area contributed by atoms with Crippen molar-refractivity contribution < 1.29 is 13.2 Å². The molecule has 0 fully saturated rings. The van der Waals surface area contributed by atoms with Gasteiger partial charge in [-0.25, -0.2) is 13.2 Å². The molecule has 0 saturated heterocycles. The molecule has 0 atom stereocenters. The molecule has 0 bridgehead atoms. The molecule has 90 valence electrons. The Kier molecular flexibility index (Phi) is 2.83. The van der Waals surface area contributed by atoms with Gasteiger partial charge in [-0.05, 0) is 18.2 Å². The van der Waals surface area contributed by atoms with Gasteiger partial charge in [-0.1, -0.05) is 0 Å². The summed E-state index contributed by atoms with van der Waals surface area (Å²) in [5.41, 5.74) is 0.367. The monoisotopic (exact) mass is 240 g/mol. The van der Waals surface area contributed by atoms with Gasteiger partial charge in [-0.2, -0.15) is 0 Å². The summed E-state index contributed by atoms with van der Waals surface area (Å²) >= 11 is 0. The summed E-state index contributed by atoms with van der Waals surface area (Å²) in [7, 11) is 3.05. The van der Waals surface area contributed by atoms with Crippen LogP contribution in [0.5, 0.6) is 0 Å². The molecular weight excluding hydrogens is 229 g/mol. The first-order valence-electron chi connectivity index (χ1n) is 5.05. The third-order valence-electron chi connectivity index (χ3n) is 2.63. The van der Waals surface area contributed by atoms with Crippen LogP contribution in [0.4, 0.5) is 24.5 Å². The number of benzene rings is 2. The van der Waals surface area contributed by atoms with Crippen molar-refractivity contribution in [1.82, 2.24) is 0 Å². The van der Waals surface area contributed by atoms with Crippen molar-refractivity contribution >= 4 is 22.1 Å². The smallest absolute Gasteiger partial charge is 0.182 e. The van der Waals surface area contributed by atoms with Gasteiger partial charge in [-0.3, -0.25) is 0 Å². The zero-order chi connectivity index (χ0) is 12.6. The number of rotatable bonds is 2. The topological polar surface area (TPSA) is 24.1 Å². The van der Waals surface area contributed by atoms with E-state index in [1.807, 2.05) is 0 Å². The molecule has 0 aromatic heterocycles. The fourth-order valence-corrected chi connectivity index (χ4v) is 1.86. The number of hydrogen-bond acceptors (Lipinski definition) is 2. The third kappa shape index (κ3) is 1.77. The first-order valence-corrected chi connectivity index (χ1v) is 5.05. The van der Waals surface area contributed by atoms with Crippen LogP contribution in [0.1, 0.15) is 0 Å². The van der Waals surface area contributed by atoms with E-state index in [1.165, 1.54) is 19.2 Å². The summed E-state index contributed by atoms with van der Waals surface area (Å²) in [6, 6.07) is 3.46. The third-order valence-corrected chi connectivity index (χ3v) is 2.63. The normalized spacial score (nSPS) is 10.6. The average molecular weight is 240 g/mol. The van der Waals surface area contributed by atoms with Crippen LogP contribution in [0.3, 0.4) is 0 Å². The van der Waals surface area contributed by atoms with Crippen LogP contribution in [-0.2, 0) is 0 Å². The van der Waals surface area contributed by atoms with E-state index in [-0.39, 0.29) is 5.69 Å². The van der Waals surface area contributed by atoms with Crippen molar-refractivity contribution in [3.63, 3.8) is 0 Å². The molecule has 0 spiro atoms. The van der Waals surface area contributed by atoms with Gasteiger partial charge < -0.3 is 10.6 Å². The van der Waals surface area contributed by atoms with Crippen LogP contribution in [0, 0.1) is 17.5 Å². The molecule has 0 aliphatic rings. The van der Waals surface area contributed by atoms with E-state index < -0.39 is 17.5 Å². The predicted octanol–water partition coefficient (Wildman–Crippen LogP) is 3.34. The van der Waals surface area contributed by atoms with E-state index in [4.69, 9.17) is 0 Å². The lowest BCUT2D eigenvalue weighted by Crippen LogP contribution is -2.00. The Balaban J connectivity index is 2.94. The second kappa shape index (κ2) is 4.16. The van der Waals surface area contributed by atoms with Gasteiger partial charge in [0.2, 0.25) is 0 Å². The molecule has 0 heterocycles. The number of nitrogens with one attached hydrogen (secondary N) is 2. The summed E-state index contributed by atoms with van der Waals surface area (Å²) in [4.78, 5) is 0. The Bertz CT molecular complexity index is 582. The molecule has 2 rings (SSSR count). The second-order valence-electron chi connectivity index (χ2n) is 3.60. The SMILES string of the molecule is CNc1cc(F)cc2c(NC)c(F)c(F)cc12. The number of hydrogen-bond donors (Lipinski definition) is 2. The van der Waals surface area contributed by atoms with E-state index >= 15 is 0 Å². The molecule has 5 heteroatoms. The first kappa shape index (κ1) is 11.6. The quantitative estimate of drug-likeness (QED) is 0.841. The van der Waals surface area contributed by atoms with Crippen molar-refractivity contribution in [2.24, 2.45) is 0 Å². The van der Waals surface area contributed by atoms with Crippen molar-refractivity contribution in [2.45, 2.75) is 0 Å². The summed E-state index contributed by atoms with van der Waals surface area (Å²) in [6.45, 7) is 0. The van der Waals surface area contributed by atoms with E-state index in [2.05, 4.69) is 10.6 Å². The van der Waals surface area contributed by atoms with Crippen LogP contribution in [0.15, 0.2) is 18.2 Å². The summed E-state index contributed by atoms with van der Waals surface area (Å²) in [6.07, 6.45) is 0. The van der Waals surface area contributed by atoms with Crippen LogP contribution in [0.25, 0.3) is 10.8 Å². The lowest BCUT2D eigenvalue weighted by Gasteiger charge is -2.12. The minimum Gasteiger partial charge on any atom is -0.388 e. The Morgan fingerprint density at radius 1 is 0.882 bits per heavy atom. The zero-order valence-electron chi connectivity index (χ0n) is 9.37. The van der Waals surface area contributed by atoms with Crippen LogP contribution in [-0.4, -0.2) is 14.1 Å². The standard InChI is InChI=1S/C12H11F3N2/c1-16-10-4-6(13)3-8-7(10)5-9(14)11(15)12(8)17-2/h3-5,16-17H,1-2H3. The van der Waals surface area contributed by atoms with Gasteiger partial charge >= 0.3 is 0 Å². The van der Waals surface area contributed by atoms with Crippen LogP contribution >= 0.6 is 0 Å². The maximum Gasteiger partial charge on any atom is 0.182 e. The van der Waals surface area contributed by atoms with E-state index in [1.54, 1.807) is 7.05 Å². The molecule has 2 aromatic carbocycles. The minimum absolute atomic E-state index is 0.0454. The summed E-state index contributed by atoms with van der Waals surface area (Å²) < 4.78 is 40.2. The molecule has 0 radical (unpaired) electrons. The molecule has 2 nitrogen and oxygen atoms in total. The molecule has 2 aromatic rings. The van der Waals surface area contributed by atoms with Crippen LogP contribution < -0.4 is 10.6 Å². The van der Waals surface area contributed by atoms with Gasteiger partial charge in [-0.15, -0.1) is 0 Å². The first-order chi connectivity index (χ1) is 8.08. The molecule has 2 N–H and O–H groups in total. The minimum atomic E-state index is -1.01. The number of halogens is 3. The maximum absolute atomic E-state index is 13.5. The highest BCUT2D eigenvalue weighted by Crippen LogP contribution is 2.33. The van der Waals surface area contributed by atoms with Gasteiger partial charge in [0, 0.05) is 30.6 Å². The Morgan fingerprint density at radius 2 is 1.59 bits per heavy atom. The summed E-state index contributed by atoms with van der Waals surface area (Å²) in [5.74, 6) is -2.48. The van der Waals surface area contributed by atoms with Crippen molar-refractivity contribution in [1.29, 1.82) is 0 Å². The largest absolute Gasteiger partial charge is 0.388 e. The van der Waals surface area contributed by atoms with Crippen molar-refractivity contribution in [3.8, 4) is 0 Å². The van der Waals surface area contributed by atoms with Gasteiger partial charge in [0.25, 0.3) is 0 Å². The Labute approximate surface area is 96.4 Å². The molecule has 0 saturated carbocycles. The predicted molar refractivity (Wildman–Crippen MR) is 62.9 cm³/mol. The lowest BCUT2D eigenvalue weighted by molar-refractivity contribution is 0.513. The highest BCUT2D eigenvalue weighted by Gasteiger charge is 2.15. The average Bonchev–Trinajstić information content (AvgIpc) is 2.31. The summed E-state index contributed by atoms with van der Waals surface area (Å²) in [5, 5.41) is 6.03.